The van der Waals surface area contributed by atoms with Crippen LogP contribution in [0.2, 0.25) is 0 Å². The van der Waals surface area contributed by atoms with Crippen LogP contribution in [-0.4, -0.2) is 53.0 Å². The molecular formula is C10H16N4O2S. The highest BCUT2D eigenvalue weighted by atomic mass is 32.1. The monoisotopic (exact) mass is 256 g/mol. The summed E-state index contributed by atoms with van der Waals surface area (Å²) in [5, 5.41) is 3.88. The van der Waals surface area contributed by atoms with Gasteiger partial charge >= 0.3 is 0 Å². The average Bonchev–Trinajstić information content (AvgIpc) is 2.76. The Bertz CT molecular complexity index is 376. The van der Waals surface area contributed by atoms with E-state index in [1.165, 1.54) is 11.5 Å². The fourth-order valence-electron chi connectivity index (χ4n) is 1.62. The Labute approximate surface area is 104 Å². The van der Waals surface area contributed by atoms with Gasteiger partial charge < -0.3 is 15.0 Å². The van der Waals surface area contributed by atoms with Gasteiger partial charge in [-0.1, -0.05) is 0 Å². The number of nitrogens with zero attached hydrogens (tertiary/aromatic N) is 3. The molecule has 1 N–H and O–H groups in total. The van der Waals surface area contributed by atoms with Crippen molar-refractivity contribution in [1.82, 2.24) is 14.3 Å². The number of aromatic nitrogens is 2. The molecule has 17 heavy (non-hydrogen) atoms. The number of hydrogen-bond donors (Lipinski definition) is 1. The maximum atomic E-state index is 11.8. The van der Waals surface area contributed by atoms with Crippen molar-refractivity contribution < 1.29 is 9.53 Å². The predicted molar refractivity (Wildman–Crippen MR) is 65.2 cm³/mol. The molecule has 6 nitrogen and oxygen atoms in total. The molecule has 0 unspecified atom stereocenters. The Morgan fingerprint density at radius 3 is 2.94 bits per heavy atom. The molecule has 1 aliphatic rings. The third kappa shape index (κ3) is 3.64. The number of anilines is 1. The number of nitrogens with one attached hydrogen (secondary N) is 1. The minimum absolute atomic E-state index is 0.169. The van der Waals surface area contributed by atoms with E-state index in [0.29, 0.717) is 39.3 Å². The lowest BCUT2D eigenvalue weighted by Gasteiger charge is -2.26. The van der Waals surface area contributed by atoms with Crippen molar-refractivity contribution in [3.8, 4) is 0 Å². The summed E-state index contributed by atoms with van der Waals surface area (Å²) in [7, 11) is 0. The highest BCUT2D eigenvalue weighted by Crippen LogP contribution is 2.10. The number of carbonyl (C=O) groups excluding carboxylic acids is 1. The lowest BCUT2D eigenvalue weighted by molar-refractivity contribution is -0.134. The summed E-state index contributed by atoms with van der Waals surface area (Å²) in [5.41, 5.74) is 0. The highest BCUT2D eigenvalue weighted by Gasteiger charge is 2.16. The summed E-state index contributed by atoms with van der Waals surface area (Å²) in [6.45, 7) is 5.16. The van der Waals surface area contributed by atoms with E-state index < -0.39 is 0 Å². The Balaban J connectivity index is 1.69. The number of amides is 1. The molecule has 0 spiro atoms. The second-order valence-corrected chi connectivity index (χ2v) is 4.57. The topological polar surface area (TPSA) is 67.4 Å². The zero-order valence-electron chi connectivity index (χ0n) is 9.81. The molecule has 0 bridgehead atoms. The molecule has 2 rings (SSSR count). The Morgan fingerprint density at radius 1 is 1.53 bits per heavy atom. The van der Waals surface area contributed by atoms with Crippen LogP contribution in [0.5, 0.6) is 0 Å². The first kappa shape index (κ1) is 12.3. The highest BCUT2D eigenvalue weighted by molar-refractivity contribution is 7.09. The van der Waals surface area contributed by atoms with Crippen LogP contribution in [0.15, 0.2) is 0 Å². The van der Waals surface area contributed by atoms with Gasteiger partial charge in [0.15, 0.2) is 0 Å². The van der Waals surface area contributed by atoms with Crippen LogP contribution < -0.4 is 5.32 Å². The molecule has 1 aromatic heterocycles. The molecule has 0 aromatic carbocycles. The summed E-state index contributed by atoms with van der Waals surface area (Å²) in [6.07, 6.45) is 0.485. The number of hydrogen-bond acceptors (Lipinski definition) is 6. The quantitative estimate of drug-likeness (QED) is 0.850. The minimum Gasteiger partial charge on any atom is -0.378 e. The van der Waals surface area contributed by atoms with Crippen molar-refractivity contribution in [3.63, 3.8) is 0 Å². The van der Waals surface area contributed by atoms with Gasteiger partial charge in [-0.2, -0.15) is 4.37 Å². The third-order valence-corrected chi connectivity index (χ3v) is 3.27. The van der Waals surface area contributed by atoms with Gasteiger partial charge in [0.05, 0.1) is 13.2 Å². The SMILES string of the molecule is Cc1nsc(NCCC(=O)N2CCOCC2)n1. The first-order valence-electron chi connectivity index (χ1n) is 5.65. The van der Waals surface area contributed by atoms with Crippen LogP contribution in [-0.2, 0) is 9.53 Å². The summed E-state index contributed by atoms with van der Waals surface area (Å²) in [6, 6.07) is 0. The van der Waals surface area contributed by atoms with E-state index in [-0.39, 0.29) is 5.91 Å². The van der Waals surface area contributed by atoms with Crippen molar-refractivity contribution in [2.45, 2.75) is 13.3 Å². The number of morpholine rings is 1. The molecule has 1 fully saturated rings. The van der Waals surface area contributed by atoms with Crippen molar-refractivity contribution in [2.24, 2.45) is 0 Å². The first-order valence-corrected chi connectivity index (χ1v) is 6.43. The van der Waals surface area contributed by atoms with E-state index in [9.17, 15) is 4.79 Å². The molecule has 0 radical (unpaired) electrons. The molecule has 7 heteroatoms. The van der Waals surface area contributed by atoms with E-state index in [0.717, 1.165) is 11.0 Å². The zero-order valence-corrected chi connectivity index (χ0v) is 10.6. The maximum absolute atomic E-state index is 11.8. The van der Waals surface area contributed by atoms with Crippen LogP contribution >= 0.6 is 11.5 Å². The zero-order chi connectivity index (χ0) is 12.1. The van der Waals surface area contributed by atoms with Crippen LogP contribution in [0.4, 0.5) is 5.13 Å². The lowest BCUT2D eigenvalue weighted by Crippen LogP contribution is -2.41. The van der Waals surface area contributed by atoms with Gasteiger partial charge in [0, 0.05) is 37.6 Å². The Morgan fingerprint density at radius 2 is 2.29 bits per heavy atom. The largest absolute Gasteiger partial charge is 0.378 e. The maximum Gasteiger partial charge on any atom is 0.224 e. The molecule has 1 aromatic rings. The fourth-order valence-corrected chi connectivity index (χ4v) is 2.22. The summed E-state index contributed by atoms with van der Waals surface area (Å²) >= 11 is 1.32. The molecule has 1 aliphatic heterocycles. The van der Waals surface area contributed by atoms with Crippen molar-refractivity contribution >= 4 is 22.6 Å². The number of aryl methyl sites for hydroxylation is 1. The lowest BCUT2D eigenvalue weighted by atomic mass is 10.3. The van der Waals surface area contributed by atoms with Gasteiger partial charge in [0.25, 0.3) is 0 Å². The van der Waals surface area contributed by atoms with Gasteiger partial charge in [-0.25, -0.2) is 4.98 Å². The smallest absolute Gasteiger partial charge is 0.224 e. The third-order valence-electron chi connectivity index (χ3n) is 2.51. The normalized spacial score (nSPS) is 15.9. The van der Waals surface area contributed by atoms with Crippen molar-refractivity contribution in [3.05, 3.63) is 5.82 Å². The number of ether oxygens (including phenoxy) is 1. The molecule has 0 saturated carbocycles. The molecule has 1 amide bonds. The second-order valence-electron chi connectivity index (χ2n) is 3.82. The van der Waals surface area contributed by atoms with Crippen LogP contribution in [0.25, 0.3) is 0 Å². The Hall–Kier alpha value is -1.21. The van der Waals surface area contributed by atoms with Crippen molar-refractivity contribution in [1.29, 1.82) is 0 Å². The van der Waals surface area contributed by atoms with Gasteiger partial charge in [-0.05, 0) is 6.92 Å². The number of carbonyl (C=O) groups is 1. The molecule has 94 valence electrons. The number of rotatable bonds is 4. The van der Waals surface area contributed by atoms with Crippen molar-refractivity contribution in [2.75, 3.05) is 38.2 Å². The van der Waals surface area contributed by atoms with Gasteiger partial charge in [0.1, 0.15) is 5.82 Å². The van der Waals surface area contributed by atoms with Crippen LogP contribution in [0, 0.1) is 6.92 Å². The minimum atomic E-state index is 0.169. The van der Waals surface area contributed by atoms with Gasteiger partial charge in [-0.15, -0.1) is 0 Å². The molecule has 2 heterocycles. The summed E-state index contributed by atoms with van der Waals surface area (Å²) < 4.78 is 9.26. The van der Waals surface area contributed by atoms with E-state index in [4.69, 9.17) is 4.74 Å². The van der Waals surface area contributed by atoms with E-state index in [1.807, 2.05) is 11.8 Å². The van der Waals surface area contributed by atoms with E-state index in [1.54, 1.807) is 0 Å². The standard InChI is InChI=1S/C10H16N4O2S/c1-8-12-10(17-13-8)11-3-2-9(15)14-4-6-16-7-5-14/h2-7H2,1H3,(H,11,12,13). The first-order chi connectivity index (χ1) is 8.25. The Kier molecular flexibility index (Phi) is 4.27. The van der Waals surface area contributed by atoms with Crippen LogP contribution in [0.3, 0.4) is 0 Å². The predicted octanol–water partition coefficient (Wildman–Crippen LogP) is 0.507. The summed E-state index contributed by atoms with van der Waals surface area (Å²) in [5.74, 6) is 0.930. The van der Waals surface area contributed by atoms with E-state index >= 15 is 0 Å². The van der Waals surface area contributed by atoms with Gasteiger partial charge in [-0.3, -0.25) is 4.79 Å². The summed E-state index contributed by atoms with van der Waals surface area (Å²) in [4.78, 5) is 17.8. The molecular weight excluding hydrogens is 240 g/mol. The molecule has 0 atom stereocenters. The van der Waals surface area contributed by atoms with Gasteiger partial charge in [0.2, 0.25) is 11.0 Å². The molecule has 1 saturated heterocycles. The average molecular weight is 256 g/mol. The second kappa shape index (κ2) is 5.92. The van der Waals surface area contributed by atoms with E-state index in [2.05, 4.69) is 14.7 Å². The van der Waals surface area contributed by atoms with Crippen LogP contribution in [0.1, 0.15) is 12.2 Å². The fraction of sp³-hybridized carbons (Fsp3) is 0.700. The molecule has 0 aliphatic carbocycles.